The summed E-state index contributed by atoms with van der Waals surface area (Å²) in [5.41, 5.74) is 7.79. The number of benzene rings is 1. The van der Waals surface area contributed by atoms with Gasteiger partial charge < -0.3 is 16.2 Å². The van der Waals surface area contributed by atoms with Gasteiger partial charge in [-0.2, -0.15) is 5.10 Å². The molecule has 0 saturated carbocycles. The fourth-order valence-corrected chi connectivity index (χ4v) is 2.67. The van der Waals surface area contributed by atoms with Crippen molar-refractivity contribution in [2.75, 3.05) is 13.1 Å². The molecule has 0 aliphatic carbocycles. The summed E-state index contributed by atoms with van der Waals surface area (Å²) in [6.45, 7) is 6.54. The number of rotatable bonds is 5. The number of aromatic nitrogens is 3. The van der Waals surface area contributed by atoms with Crippen LogP contribution < -0.4 is 11.1 Å². The van der Waals surface area contributed by atoms with Crippen LogP contribution >= 0.6 is 0 Å². The fourth-order valence-electron chi connectivity index (χ4n) is 2.67. The molecule has 0 aliphatic rings. The second-order valence-corrected chi connectivity index (χ2v) is 7.30. The van der Waals surface area contributed by atoms with Crippen LogP contribution in [0, 0.1) is 18.2 Å². The van der Waals surface area contributed by atoms with E-state index in [1.54, 1.807) is 13.0 Å². The number of H-pyrrole nitrogens is 1. The Morgan fingerprint density at radius 3 is 2.78 bits per heavy atom. The predicted octanol–water partition coefficient (Wildman–Crippen LogP) is 2.49. The summed E-state index contributed by atoms with van der Waals surface area (Å²) in [5, 5.41) is 19.8. The summed E-state index contributed by atoms with van der Waals surface area (Å²) in [6.07, 6.45) is 0. The molecule has 2 aromatic heterocycles. The third-order valence-corrected chi connectivity index (χ3v) is 4.48. The van der Waals surface area contributed by atoms with Gasteiger partial charge in [0.05, 0.1) is 22.3 Å². The zero-order valence-electron chi connectivity index (χ0n) is 15.4. The van der Waals surface area contributed by atoms with Gasteiger partial charge in [-0.15, -0.1) is 0 Å². The Bertz CT molecular complexity index is 1010. The molecule has 0 saturated heterocycles. The molecule has 5 N–H and O–H groups in total. The first-order valence-electron chi connectivity index (χ1n) is 8.55. The van der Waals surface area contributed by atoms with E-state index in [0.29, 0.717) is 46.6 Å². The molecule has 0 radical (unpaired) electrons. The Kier molecular flexibility index (Phi) is 4.84. The average Bonchev–Trinajstić information content (AvgIpc) is 3.02. The molecule has 1 aromatic carbocycles. The van der Waals surface area contributed by atoms with Crippen LogP contribution in [0.4, 0.5) is 4.39 Å². The van der Waals surface area contributed by atoms with Crippen LogP contribution in [0.15, 0.2) is 24.3 Å². The highest BCUT2D eigenvalue weighted by Crippen LogP contribution is 2.28. The maximum atomic E-state index is 13.7. The van der Waals surface area contributed by atoms with Gasteiger partial charge in [-0.25, -0.2) is 9.37 Å². The van der Waals surface area contributed by atoms with Crippen molar-refractivity contribution in [1.82, 2.24) is 20.5 Å². The van der Waals surface area contributed by atoms with Gasteiger partial charge in [0.1, 0.15) is 0 Å². The van der Waals surface area contributed by atoms with Gasteiger partial charge in [0, 0.05) is 12.1 Å². The number of carbonyl (C=O) groups excluding carboxylic acids is 1. The van der Waals surface area contributed by atoms with E-state index in [-0.39, 0.29) is 11.3 Å². The van der Waals surface area contributed by atoms with Crippen molar-refractivity contribution in [3.63, 3.8) is 0 Å². The van der Waals surface area contributed by atoms with Crippen LogP contribution in [0.1, 0.15) is 29.9 Å². The third-order valence-electron chi connectivity index (χ3n) is 4.48. The number of hydrogen-bond donors (Lipinski definition) is 4. The summed E-state index contributed by atoms with van der Waals surface area (Å²) in [4.78, 5) is 17.3. The zero-order valence-corrected chi connectivity index (χ0v) is 15.4. The molecule has 0 unspecified atom stereocenters. The number of carbonyl (C=O) groups is 1. The van der Waals surface area contributed by atoms with Gasteiger partial charge in [-0.05, 0) is 43.1 Å². The molecule has 1 amide bonds. The molecular weight excluding hydrogens is 349 g/mol. The number of fused-ring (bicyclic) bond motifs is 1. The molecule has 0 atom stereocenters. The molecule has 3 rings (SSSR count). The minimum absolute atomic E-state index is 0.240. The Morgan fingerprint density at radius 2 is 2.11 bits per heavy atom. The molecule has 8 heteroatoms. The number of aromatic amines is 1. The standard InChI is InChI=1S/C19H22FN5O2/c1-10-16-12(18(27)22-9-19(2,3)8-21)7-14(23-17(16)25-24-10)11-4-5-15(26)13(20)6-11/h4-7,26H,8-9,21H2,1-3H3,(H,22,27)(H,23,24,25). The van der Waals surface area contributed by atoms with E-state index in [4.69, 9.17) is 5.73 Å². The monoisotopic (exact) mass is 371 g/mol. The van der Waals surface area contributed by atoms with Crippen LogP contribution in [0.25, 0.3) is 22.3 Å². The number of amides is 1. The quantitative estimate of drug-likeness (QED) is 0.550. The Labute approximate surface area is 155 Å². The fraction of sp³-hybridized carbons (Fsp3) is 0.316. The smallest absolute Gasteiger partial charge is 0.252 e. The normalized spacial score (nSPS) is 11.7. The van der Waals surface area contributed by atoms with E-state index < -0.39 is 11.6 Å². The van der Waals surface area contributed by atoms with Crippen molar-refractivity contribution < 1.29 is 14.3 Å². The molecule has 2 heterocycles. The topological polar surface area (TPSA) is 117 Å². The molecule has 0 spiro atoms. The Balaban J connectivity index is 2.06. The molecule has 3 aromatic rings. The maximum Gasteiger partial charge on any atom is 0.252 e. The van der Waals surface area contributed by atoms with Crippen LogP contribution in [-0.4, -0.2) is 39.3 Å². The first-order valence-corrected chi connectivity index (χ1v) is 8.55. The number of pyridine rings is 1. The van der Waals surface area contributed by atoms with Crippen molar-refractivity contribution in [3.8, 4) is 17.0 Å². The number of aromatic hydroxyl groups is 1. The number of halogens is 1. The lowest BCUT2D eigenvalue weighted by Crippen LogP contribution is -2.38. The molecular formula is C19H22FN5O2. The summed E-state index contributed by atoms with van der Waals surface area (Å²) in [5.74, 6) is -1.49. The Morgan fingerprint density at radius 1 is 1.37 bits per heavy atom. The van der Waals surface area contributed by atoms with E-state index in [2.05, 4.69) is 20.5 Å². The van der Waals surface area contributed by atoms with E-state index in [9.17, 15) is 14.3 Å². The number of nitrogens with two attached hydrogens (primary N) is 1. The molecule has 142 valence electrons. The number of aryl methyl sites for hydroxylation is 1. The van der Waals surface area contributed by atoms with Crippen molar-refractivity contribution in [3.05, 3.63) is 41.3 Å². The highest BCUT2D eigenvalue weighted by Gasteiger charge is 2.21. The predicted molar refractivity (Wildman–Crippen MR) is 101 cm³/mol. The lowest BCUT2D eigenvalue weighted by atomic mass is 9.93. The number of phenols is 1. The van der Waals surface area contributed by atoms with Gasteiger partial charge >= 0.3 is 0 Å². The molecule has 0 fully saturated rings. The lowest BCUT2D eigenvalue weighted by molar-refractivity contribution is 0.0939. The molecule has 27 heavy (non-hydrogen) atoms. The highest BCUT2D eigenvalue weighted by molar-refractivity contribution is 6.07. The SMILES string of the molecule is Cc1n[nH]c2nc(-c3ccc(O)c(F)c3)cc(C(=O)NCC(C)(C)CN)c12. The van der Waals surface area contributed by atoms with E-state index in [0.717, 1.165) is 0 Å². The summed E-state index contributed by atoms with van der Waals surface area (Å²) in [7, 11) is 0. The molecule has 0 bridgehead atoms. The molecule has 7 nitrogen and oxygen atoms in total. The Hall–Kier alpha value is -3.00. The maximum absolute atomic E-state index is 13.7. The minimum Gasteiger partial charge on any atom is -0.505 e. The van der Waals surface area contributed by atoms with E-state index in [1.165, 1.54) is 18.2 Å². The minimum atomic E-state index is -0.758. The summed E-state index contributed by atoms with van der Waals surface area (Å²) < 4.78 is 13.7. The number of nitrogens with one attached hydrogen (secondary N) is 2. The van der Waals surface area contributed by atoms with Crippen LogP contribution in [0.5, 0.6) is 5.75 Å². The summed E-state index contributed by atoms with van der Waals surface area (Å²) in [6, 6.07) is 5.56. The number of hydrogen-bond acceptors (Lipinski definition) is 5. The van der Waals surface area contributed by atoms with Crippen molar-refractivity contribution in [2.24, 2.45) is 11.1 Å². The van der Waals surface area contributed by atoms with Crippen LogP contribution in [0.2, 0.25) is 0 Å². The van der Waals surface area contributed by atoms with E-state index >= 15 is 0 Å². The average molecular weight is 371 g/mol. The van der Waals surface area contributed by atoms with Gasteiger partial charge in [0.25, 0.3) is 5.91 Å². The lowest BCUT2D eigenvalue weighted by Gasteiger charge is -2.22. The van der Waals surface area contributed by atoms with Crippen LogP contribution in [-0.2, 0) is 0 Å². The first kappa shape index (κ1) is 18.8. The third kappa shape index (κ3) is 3.75. The van der Waals surface area contributed by atoms with Gasteiger partial charge in [0.15, 0.2) is 17.2 Å². The van der Waals surface area contributed by atoms with Crippen LogP contribution in [0.3, 0.4) is 0 Å². The van der Waals surface area contributed by atoms with Crippen molar-refractivity contribution >= 4 is 16.9 Å². The number of nitrogens with zero attached hydrogens (tertiary/aromatic N) is 2. The second kappa shape index (κ2) is 6.96. The van der Waals surface area contributed by atoms with Crippen molar-refractivity contribution in [1.29, 1.82) is 0 Å². The highest BCUT2D eigenvalue weighted by atomic mass is 19.1. The second-order valence-electron chi connectivity index (χ2n) is 7.30. The van der Waals surface area contributed by atoms with Gasteiger partial charge in [-0.3, -0.25) is 9.89 Å². The summed E-state index contributed by atoms with van der Waals surface area (Å²) >= 11 is 0. The van der Waals surface area contributed by atoms with Gasteiger partial charge in [-0.1, -0.05) is 13.8 Å². The zero-order chi connectivity index (χ0) is 19.8. The first-order chi connectivity index (χ1) is 12.7. The van der Waals surface area contributed by atoms with Gasteiger partial charge in [0.2, 0.25) is 0 Å². The molecule has 0 aliphatic heterocycles. The van der Waals surface area contributed by atoms with Crippen molar-refractivity contribution in [2.45, 2.75) is 20.8 Å². The van der Waals surface area contributed by atoms with E-state index in [1.807, 2.05) is 13.8 Å². The largest absolute Gasteiger partial charge is 0.505 e. The number of phenolic OH excluding ortho intramolecular Hbond substituents is 1.